The quantitative estimate of drug-likeness (QED) is 0.636. The molecule has 1 fully saturated rings. The highest BCUT2D eigenvalue weighted by molar-refractivity contribution is 4.89. The van der Waals surface area contributed by atoms with Gasteiger partial charge in [0, 0.05) is 12.1 Å². The summed E-state index contributed by atoms with van der Waals surface area (Å²) in [6, 6.07) is 1.40. The summed E-state index contributed by atoms with van der Waals surface area (Å²) in [6.45, 7) is 11.7. The van der Waals surface area contributed by atoms with Crippen molar-refractivity contribution in [2.75, 3.05) is 0 Å². The van der Waals surface area contributed by atoms with E-state index in [2.05, 4.69) is 39.9 Å². The molecule has 0 aromatic heterocycles. The molecule has 0 radical (unpaired) electrons. The van der Waals surface area contributed by atoms with Gasteiger partial charge in [0.05, 0.1) is 0 Å². The van der Waals surface area contributed by atoms with E-state index in [0.29, 0.717) is 12.1 Å². The molecular weight excluding hydrogens is 146 g/mol. The number of hydrogen-bond donors (Lipinski definition) is 1. The summed E-state index contributed by atoms with van der Waals surface area (Å²) in [5.41, 5.74) is 0. The van der Waals surface area contributed by atoms with E-state index < -0.39 is 0 Å². The van der Waals surface area contributed by atoms with Crippen molar-refractivity contribution in [2.45, 2.75) is 53.1 Å². The lowest BCUT2D eigenvalue weighted by Crippen LogP contribution is -2.52. The molecular formula is C11H23N. The summed E-state index contributed by atoms with van der Waals surface area (Å²) >= 11 is 0. The molecule has 5 atom stereocenters. The Bertz CT molecular complexity index is 144. The first-order chi connectivity index (χ1) is 5.57. The molecule has 0 saturated carbocycles. The van der Waals surface area contributed by atoms with Crippen LogP contribution in [0.4, 0.5) is 0 Å². The van der Waals surface area contributed by atoms with Crippen molar-refractivity contribution in [1.82, 2.24) is 5.32 Å². The van der Waals surface area contributed by atoms with Crippen LogP contribution in [-0.4, -0.2) is 12.1 Å². The number of piperidine rings is 1. The van der Waals surface area contributed by atoms with Crippen LogP contribution in [-0.2, 0) is 0 Å². The minimum Gasteiger partial charge on any atom is -0.311 e. The highest BCUT2D eigenvalue weighted by Gasteiger charge is 2.34. The zero-order valence-electron chi connectivity index (χ0n) is 9.09. The van der Waals surface area contributed by atoms with Crippen LogP contribution in [0.1, 0.15) is 41.0 Å². The van der Waals surface area contributed by atoms with Crippen LogP contribution in [0.15, 0.2) is 0 Å². The Kier molecular flexibility index (Phi) is 3.16. The van der Waals surface area contributed by atoms with Gasteiger partial charge in [0.15, 0.2) is 0 Å². The lowest BCUT2D eigenvalue weighted by Gasteiger charge is -2.43. The zero-order valence-corrected chi connectivity index (χ0v) is 9.09. The molecule has 0 aromatic carbocycles. The van der Waals surface area contributed by atoms with Crippen molar-refractivity contribution < 1.29 is 0 Å². The SMILES string of the molecule is CCC1C(C)NC(C)C(C)C1C. The normalized spacial score (nSPS) is 49.2. The van der Waals surface area contributed by atoms with Crippen LogP contribution in [0.5, 0.6) is 0 Å². The molecule has 72 valence electrons. The van der Waals surface area contributed by atoms with Gasteiger partial charge in [0.1, 0.15) is 0 Å². The molecule has 1 saturated heterocycles. The number of hydrogen-bond acceptors (Lipinski definition) is 1. The van der Waals surface area contributed by atoms with Gasteiger partial charge in [-0.15, -0.1) is 0 Å². The Labute approximate surface area is 76.9 Å². The van der Waals surface area contributed by atoms with Crippen LogP contribution in [0, 0.1) is 17.8 Å². The van der Waals surface area contributed by atoms with Gasteiger partial charge in [0.25, 0.3) is 0 Å². The van der Waals surface area contributed by atoms with Crippen molar-refractivity contribution in [3.05, 3.63) is 0 Å². The second kappa shape index (κ2) is 3.78. The van der Waals surface area contributed by atoms with Gasteiger partial charge in [-0.05, 0) is 31.6 Å². The van der Waals surface area contributed by atoms with Crippen molar-refractivity contribution in [3.63, 3.8) is 0 Å². The second-order valence-electron chi connectivity index (χ2n) is 4.53. The maximum Gasteiger partial charge on any atom is 0.00721 e. The van der Waals surface area contributed by atoms with Crippen molar-refractivity contribution >= 4 is 0 Å². The molecule has 0 aliphatic carbocycles. The lowest BCUT2D eigenvalue weighted by molar-refractivity contribution is 0.111. The van der Waals surface area contributed by atoms with Gasteiger partial charge in [-0.25, -0.2) is 0 Å². The van der Waals surface area contributed by atoms with Gasteiger partial charge in [-0.2, -0.15) is 0 Å². The highest BCUT2D eigenvalue weighted by atomic mass is 15.0. The van der Waals surface area contributed by atoms with Crippen LogP contribution in [0.25, 0.3) is 0 Å². The maximum absolute atomic E-state index is 3.66. The summed E-state index contributed by atoms with van der Waals surface area (Å²) in [5, 5.41) is 3.66. The van der Waals surface area contributed by atoms with E-state index in [1.54, 1.807) is 0 Å². The third-order valence-corrected chi connectivity index (χ3v) is 3.93. The van der Waals surface area contributed by atoms with Crippen LogP contribution in [0.3, 0.4) is 0 Å². The Hall–Kier alpha value is -0.0400. The van der Waals surface area contributed by atoms with Crippen LogP contribution >= 0.6 is 0 Å². The molecule has 1 aliphatic heterocycles. The first kappa shape index (κ1) is 10.0. The molecule has 1 heteroatoms. The first-order valence-electron chi connectivity index (χ1n) is 5.34. The summed E-state index contributed by atoms with van der Waals surface area (Å²) in [4.78, 5) is 0. The average Bonchev–Trinajstić information content (AvgIpc) is 2.01. The Morgan fingerprint density at radius 3 is 2.00 bits per heavy atom. The zero-order chi connectivity index (χ0) is 9.30. The van der Waals surface area contributed by atoms with Crippen molar-refractivity contribution in [2.24, 2.45) is 17.8 Å². The van der Waals surface area contributed by atoms with E-state index in [4.69, 9.17) is 0 Å². The first-order valence-corrected chi connectivity index (χ1v) is 5.34. The third-order valence-electron chi connectivity index (χ3n) is 3.93. The molecule has 0 bridgehead atoms. The number of rotatable bonds is 1. The second-order valence-corrected chi connectivity index (χ2v) is 4.53. The van der Waals surface area contributed by atoms with E-state index >= 15 is 0 Å². The topological polar surface area (TPSA) is 12.0 Å². The predicted octanol–water partition coefficient (Wildman–Crippen LogP) is 2.67. The van der Waals surface area contributed by atoms with E-state index in [-0.39, 0.29) is 0 Å². The summed E-state index contributed by atoms with van der Waals surface area (Å²) in [6.07, 6.45) is 1.31. The highest BCUT2D eigenvalue weighted by Crippen LogP contribution is 2.32. The Morgan fingerprint density at radius 2 is 1.50 bits per heavy atom. The fourth-order valence-corrected chi connectivity index (χ4v) is 2.72. The standard InChI is InChI=1S/C11H23N/c1-6-11-8(3)7(2)9(4)12-10(11)5/h7-12H,6H2,1-5H3. The minimum atomic E-state index is 0.692. The molecule has 12 heavy (non-hydrogen) atoms. The van der Waals surface area contributed by atoms with Crippen LogP contribution in [0.2, 0.25) is 0 Å². The summed E-state index contributed by atoms with van der Waals surface area (Å²) < 4.78 is 0. The molecule has 0 spiro atoms. The van der Waals surface area contributed by atoms with E-state index in [1.807, 2.05) is 0 Å². The molecule has 0 aromatic rings. The Morgan fingerprint density at radius 1 is 0.917 bits per heavy atom. The fourth-order valence-electron chi connectivity index (χ4n) is 2.72. The molecule has 1 rings (SSSR count). The van der Waals surface area contributed by atoms with Gasteiger partial charge in [-0.3, -0.25) is 0 Å². The molecule has 1 heterocycles. The monoisotopic (exact) mass is 169 g/mol. The van der Waals surface area contributed by atoms with Gasteiger partial charge in [-0.1, -0.05) is 27.2 Å². The number of nitrogens with one attached hydrogen (secondary N) is 1. The smallest absolute Gasteiger partial charge is 0.00721 e. The van der Waals surface area contributed by atoms with E-state index in [9.17, 15) is 0 Å². The van der Waals surface area contributed by atoms with Crippen molar-refractivity contribution in [3.8, 4) is 0 Å². The molecule has 1 N–H and O–H groups in total. The van der Waals surface area contributed by atoms with Gasteiger partial charge >= 0.3 is 0 Å². The largest absolute Gasteiger partial charge is 0.311 e. The summed E-state index contributed by atoms with van der Waals surface area (Å²) in [5.74, 6) is 2.57. The molecule has 1 aliphatic rings. The fraction of sp³-hybridized carbons (Fsp3) is 1.00. The minimum absolute atomic E-state index is 0.692. The van der Waals surface area contributed by atoms with Gasteiger partial charge in [0.2, 0.25) is 0 Å². The molecule has 5 unspecified atom stereocenters. The predicted molar refractivity (Wildman–Crippen MR) is 54.2 cm³/mol. The van der Waals surface area contributed by atoms with E-state index in [1.165, 1.54) is 6.42 Å². The van der Waals surface area contributed by atoms with Crippen molar-refractivity contribution in [1.29, 1.82) is 0 Å². The third kappa shape index (κ3) is 1.66. The average molecular weight is 169 g/mol. The maximum atomic E-state index is 3.66. The molecule has 1 nitrogen and oxygen atoms in total. The Balaban J connectivity index is 2.65. The lowest BCUT2D eigenvalue weighted by atomic mass is 9.72. The van der Waals surface area contributed by atoms with Gasteiger partial charge < -0.3 is 5.32 Å². The van der Waals surface area contributed by atoms with E-state index in [0.717, 1.165) is 17.8 Å². The van der Waals surface area contributed by atoms with Crippen LogP contribution < -0.4 is 5.32 Å². The molecule has 0 amide bonds. The summed E-state index contributed by atoms with van der Waals surface area (Å²) in [7, 11) is 0.